The molecule has 8 nitrogen and oxygen atoms in total. The van der Waals surface area contributed by atoms with Gasteiger partial charge in [0.1, 0.15) is 11.5 Å². The molecule has 0 atom stereocenters. The second kappa shape index (κ2) is 7.65. The smallest absolute Gasteiger partial charge is 0.269 e. The number of oxazole rings is 1. The first-order valence-electron chi connectivity index (χ1n) is 8.60. The largest absolute Gasteiger partial charge is 0.444 e. The van der Waals surface area contributed by atoms with Crippen LogP contribution in [0.4, 0.5) is 0 Å². The van der Waals surface area contributed by atoms with Crippen LogP contribution in [-0.4, -0.2) is 64.8 Å². The number of piperazine rings is 1. The standard InChI is InChI=1S/C18H23N5O3/c1-12-13(2)26-16(21-12)11-22-6-8-23(9-7-22)18(25)14-4-5-15(20-10-14)17(24)19-3/h4-5,10H,6-9,11H2,1-3H3,(H,19,24). The second-order valence-corrected chi connectivity index (χ2v) is 6.33. The third-order valence-corrected chi connectivity index (χ3v) is 4.56. The second-order valence-electron chi connectivity index (χ2n) is 6.33. The molecule has 0 saturated carbocycles. The Morgan fingerprint density at radius 2 is 1.92 bits per heavy atom. The maximum atomic E-state index is 12.6. The molecule has 3 heterocycles. The Morgan fingerprint density at radius 3 is 2.46 bits per heavy atom. The number of aryl methyl sites for hydroxylation is 2. The maximum absolute atomic E-state index is 12.6. The quantitative estimate of drug-likeness (QED) is 0.878. The zero-order valence-electron chi connectivity index (χ0n) is 15.3. The number of aromatic nitrogens is 2. The van der Waals surface area contributed by atoms with Gasteiger partial charge in [-0.1, -0.05) is 0 Å². The van der Waals surface area contributed by atoms with E-state index in [9.17, 15) is 9.59 Å². The van der Waals surface area contributed by atoms with Gasteiger partial charge < -0.3 is 14.6 Å². The molecule has 0 spiro atoms. The molecule has 138 valence electrons. The van der Waals surface area contributed by atoms with Crippen LogP contribution in [0.15, 0.2) is 22.7 Å². The Balaban J connectivity index is 1.55. The molecular weight excluding hydrogens is 334 g/mol. The van der Waals surface area contributed by atoms with Crippen molar-refractivity contribution in [2.24, 2.45) is 0 Å². The summed E-state index contributed by atoms with van der Waals surface area (Å²) >= 11 is 0. The monoisotopic (exact) mass is 357 g/mol. The van der Waals surface area contributed by atoms with Crippen molar-refractivity contribution in [2.45, 2.75) is 20.4 Å². The summed E-state index contributed by atoms with van der Waals surface area (Å²) in [4.78, 5) is 36.6. The lowest BCUT2D eigenvalue weighted by Gasteiger charge is -2.34. The first kappa shape index (κ1) is 18.1. The summed E-state index contributed by atoms with van der Waals surface area (Å²) in [5, 5.41) is 2.51. The van der Waals surface area contributed by atoms with Crippen LogP contribution in [-0.2, 0) is 6.54 Å². The molecule has 0 aliphatic carbocycles. The average molecular weight is 357 g/mol. The fourth-order valence-electron chi connectivity index (χ4n) is 2.87. The van der Waals surface area contributed by atoms with Crippen LogP contribution >= 0.6 is 0 Å². The summed E-state index contributed by atoms with van der Waals surface area (Å²) in [7, 11) is 1.55. The van der Waals surface area contributed by atoms with Gasteiger partial charge in [0.2, 0.25) is 5.89 Å². The number of nitrogens with zero attached hydrogens (tertiary/aromatic N) is 4. The van der Waals surface area contributed by atoms with Gasteiger partial charge in [0.25, 0.3) is 11.8 Å². The van der Waals surface area contributed by atoms with Crippen molar-refractivity contribution in [3.8, 4) is 0 Å². The highest BCUT2D eigenvalue weighted by atomic mass is 16.4. The van der Waals surface area contributed by atoms with Gasteiger partial charge in [-0.05, 0) is 26.0 Å². The number of hydrogen-bond acceptors (Lipinski definition) is 6. The van der Waals surface area contributed by atoms with E-state index >= 15 is 0 Å². The third-order valence-electron chi connectivity index (χ3n) is 4.56. The molecule has 8 heteroatoms. The van der Waals surface area contributed by atoms with Crippen molar-refractivity contribution in [1.82, 2.24) is 25.1 Å². The summed E-state index contributed by atoms with van der Waals surface area (Å²) in [6.07, 6.45) is 1.46. The summed E-state index contributed by atoms with van der Waals surface area (Å²) in [6.45, 7) is 7.28. The Bertz CT molecular complexity index is 772. The van der Waals surface area contributed by atoms with E-state index in [1.54, 1.807) is 24.1 Å². The van der Waals surface area contributed by atoms with E-state index in [0.717, 1.165) is 24.5 Å². The molecule has 0 bridgehead atoms. The van der Waals surface area contributed by atoms with Crippen molar-refractivity contribution >= 4 is 11.8 Å². The molecule has 0 aromatic carbocycles. The summed E-state index contributed by atoms with van der Waals surface area (Å²) in [6, 6.07) is 3.21. The van der Waals surface area contributed by atoms with Crippen molar-refractivity contribution in [1.29, 1.82) is 0 Å². The minimum absolute atomic E-state index is 0.0663. The number of hydrogen-bond donors (Lipinski definition) is 1. The predicted molar refractivity (Wildman–Crippen MR) is 94.8 cm³/mol. The fourth-order valence-corrected chi connectivity index (χ4v) is 2.87. The van der Waals surface area contributed by atoms with Crippen molar-refractivity contribution in [3.05, 3.63) is 46.9 Å². The number of carbonyl (C=O) groups excluding carboxylic acids is 2. The zero-order chi connectivity index (χ0) is 18.7. The van der Waals surface area contributed by atoms with Gasteiger partial charge in [-0.15, -0.1) is 0 Å². The van der Waals surface area contributed by atoms with Gasteiger partial charge in [0, 0.05) is 39.4 Å². The van der Waals surface area contributed by atoms with Gasteiger partial charge >= 0.3 is 0 Å². The highest BCUT2D eigenvalue weighted by Gasteiger charge is 2.23. The number of amides is 2. The lowest BCUT2D eigenvalue weighted by molar-refractivity contribution is 0.0617. The molecule has 3 rings (SSSR count). The van der Waals surface area contributed by atoms with E-state index in [2.05, 4.69) is 20.2 Å². The van der Waals surface area contributed by atoms with Crippen LogP contribution in [0.3, 0.4) is 0 Å². The van der Waals surface area contributed by atoms with Crippen LogP contribution in [0.25, 0.3) is 0 Å². The molecule has 1 fully saturated rings. The number of pyridine rings is 1. The molecule has 1 aliphatic heterocycles. The Kier molecular flexibility index (Phi) is 5.32. The summed E-state index contributed by atoms with van der Waals surface area (Å²) in [5.74, 6) is 1.23. The van der Waals surface area contributed by atoms with Gasteiger partial charge in [-0.25, -0.2) is 4.98 Å². The average Bonchev–Trinajstić information content (AvgIpc) is 2.98. The first-order chi connectivity index (χ1) is 12.5. The van der Waals surface area contributed by atoms with Gasteiger partial charge in [-0.3, -0.25) is 19.5 Å². The minimum Gasteiger partial charge on any atom is -0.444 e. The van der Waals surface area contributed by atoms with Gasteiger partial charge in [0.15, 0.2) is 0 Å². The lowest BCUT2D eigenvalue weighted by Crippen LogP contribution is -2.48. The number of nitrogens with one attached hydrogen (secondary N) is 1. The molecule has 2 aromatic heterocycles. The van der Waals surface area contributed by atoms with Crippen molar-refractivity contribution in [2.75, 3.05) is 33.2 Å². The van der Waals surface area contributed by atoms with Crippen LogP contribution in [0, 0.1) is 13.8 Å². The highest BCUT2D eigenvalue weighted by molar-refractivity contribution is 5.96. The highest BCUT2D eigenvalue weighted by Crippen LogP contribution is 2.14. The van der Waals surface area contributed by atoms with E-state index in [0.29, 0.717) is 36.8 Å². The zero-order valence-corrected chi connectivity index (χ0v) is 15.3. The molecular formula is C18H23N5O3. The molecule has 1 aliphatic rings. The molecule has 2 aromatic rings. The van der Waals surface area contributed by atoms with Crippen LogP contribution < -0.4 is 5.32 Å². The van der Waals surface area contributed by atoms with Gasteiger partial charge in [0.05, 0.1) is 17.8 Å². The molecule has 26 heavy (non-hydrogen) atoms. The summed E-state index contributed by atoms with van der Waals surface area (Å²) < 4.78 is 5.63. The lowest BCUT2D eigenvalue weighted by atomic mass is 10.2. The van der Waals surface area contributed by atoms with E-state index in [1.165, 1.54) is 6.20 Å². The van der Waals surface area contributed by atoms with Crippen molar-refractivity contribution < 1.29 is 14.0 Å². The number of rotatable bonds is 4. The SMILES string of the molecule is CNC(=O)c1ccc(C(=O)N2CCN(Cc3nc(C)c(C)o3)CC2)cn1. The Morgan fingerprint density at radius 1 is 1.19 bits per heavy atom. The number of carbonyl (C=O) groups is 2. The fraction of sp³-hybridized carbons (Fsp3) is 0.444. The minimum atomic E-state index is -0.269. The predicted octanol–water partition coefficient (Wildman–Crippen LogP) is 1.00. The van der Waals surface area contributed by atoms with E-state index < -0.39 is 0 Å². The van der Waals surface area contributed by atoms with Crippen LogP contribution in [0.1, 0.15) is 38.2 Å². The van der Waals surface area contributed by atoms with E-state index in [-0.39, 0.29) is 11.8 Å². The Labute approximate surface area is 152 Å². The molecule has 0 unspecified atom stereocenters. The maximum Gasteiger partial charge on any atom is 0.269 e. The normalized spacial score (nSPS) is 15.1. The Hall–Kier alpha value is -2.74. The van der Waals surface area contributed by atoms with E-state index in [1.807, 2.05) is 13.8 Å². The van der Waals surface area contributed by atoms with Crippen LogP contribution in [0.2, 0.25) is 0 Å². The van der Waals surface area contributed by atoms with E-state index in [4.69, 9.17) is 4.42 Å². The first-order valence-corrected chi connectivity index (χ1v) is 8.60. The van der Waals surface area contributed by atoms with Crippen LogP contribution in [0.5, 0.6) is 0 Å². The topological polar surface area (TPSA) is 91.6 Å². The summed E-state index contributed by atoms with van der Waals surface area (Å²) in [5.41, 5.74) is 1.71. The molecule has 1 saturated heterocycles. The third kappa shape index (κ3) is 3.91. The van der Waals surface area contributed by atoms with Gasteiger partial charge in [-0.2, -0.15) is 0 Å². The molecule has 2 amide bonds. The molecule has 1 N–H and O–H groups in total. The molecule has 0 radical (unpaired) electrons. The van der Waals surface area contributed by atoms with Crippen molar-refractivity contribution in [3.63, 3.8) is 0 Å².